The van der Waals surface area contributed by atoms with Gasteiger partial charge in [0.25, 0.3) is 0 Å². The molecule has 0 aliphatic heterocycles. The van der Waals surface area contributed by atoms with Crippen LogP contribution in [0.15, 0.2) is 23.2 Å². The molecule has 118 valence electrons. The number of isocyanates is 1. The summed E-state index contributed by atoms with van der Waals surface area (Å²) in [5, 5.41) is 0. The van der Waals surface area contributed by atoms with Crippen LogP contribution in [-0.4, -0.2) is 19.7 Å². The Morgan fingerprint density at radius 1 is 1.36 bits per heavy atom. The molecule has 0 heterocycles. The average molecular weight is 299 g/mol. The van der Waals surface area contributed by atoms with Crippen molar-refractivity contribution in [2.75, 3.05) is 13.7 Å². The molecule has 2 aliphatic carbocycles. The number of benzene rings is 1. The van der Waals surface area contributed by atoms with Crippen LogP contribution in [0.4, 0.5) is 0 Å². The van der Waals surface area contributed by atoms with Crippen molar-refractivity contribution >= 4 is 6.08 Å². The van der Waals surface area contributed by atoms with E-state index in [0.717, 1.165) is 18.6 Å². The lowest BCUT2D eigenvalue weighted by Crippen LogP contribution is -2.50. The van der Waals surface area contributed by atoms with Gasteiger partial charge in [-0.05, 0) is 65.7 Å². The molecule has 0 spiro atoms. The zero-order valence-corrected chi connectivity index (χ0v) is 13.8. The summed E-state index contributed by atoms with van der Waals surface area (Å²) in [6.45, 7) is 5.31. The zero-order chi connectivity index (χ0) is 15.8. The quantitative estimate of drug-likeness (QED) is 0.624. The number of hydrogen-bond acceptors (Lipinski definition) is 3. The molecule has 1 saturated carbocycles. The molecule has 1 aromatic rings. The molecule has 0 aromatic heterocycles. The minimum Gasteiger partial charge on any atom is -0.497 e. The van der Waals surface area contributed by atoms with E-state index in [1.54, 1.807) is 13.2 Å². The highest BCUT2D eigenvalue weighted by molar-refractivity contribution is 5.44. The lowest BCUT2D eigenvalue weighted by Gasteiger charge is -2.55. The van der Waals surface area contributed by atoms with Gasteiger partial charge in [-0.3, -0.25) is 0 Å². The molecule has 1 aromatic carbocycles. The Hall–Kier alpha value is -1.60. The molecule has 3 rings (SSSR count). The number of carbonyl (C=O) groups excluding carboxylic acids is 1. The maximum Gasteiger partial charge on any atom is 0.234 e. The second-order valence-electron chi connectivity index (χ2n) is 7.45. The number of nitrogens with zero attached hydrogens (tertiary/aromatic N) is 1. The smallest absolute Gasteiger partial charge is 0.234 e. The van der Waals surface area contributed by atoms with E-state index in [0.29, 0.717) is 12.5 Å². The molecular weight excluding hydrogens is 274 g/mol. The Kier molecular flexibility index (Phi) is 3.86. The molecule has 0 amide bonds. The number of hydrogen-bond donors (Lipinski definition) is 0. The SMILES string of the molecule is COc1ccc2c(c1)[C@]1(C)CCC[C@@](C)(CN=C=O)[C@H]1CC2. The van der Waals surface area contributed by atoms with Gasteiger partial charge in [-0.25, -0.2) is 9.79 Å². The van der Waals surface area contributed by atoms with Gasteiger partial charge >= 0.3 is 0 Å². The number of rotatable bonds is 3. The van der Waals surface area contributed by atoms with Crippen molar-refractivity contribution in [2.45, 2.75) is 51.4 Å². The molecule has 0 radical (unpaired) electrons. The molecule has 3 heteroatoms. The first kappa shape index (κ1) is 15.3. The predicted molar refractivity (Wildman–Crippen MR) is 87.1 cm³/mol. The summed E-state index contributed by atoms with van der Waals surface area (Å²) in [6, 6.07) is 6.53. The summed E-state index contributed by atoms with van der Waals surface area (Å²) in [6.07, 6.45) is 7.58. The minimum absolute atomic E-state index is 0.102. The fraction of sp³-hybridized carbons (Fsp3) is 0.632. The Morgan fingerprint density at radius 2 is 2.18 bits per heavy atom. The Labute approximate surface area is 132 Å². The summed E-state index contributed by atoms with van der Waals surface area (Å²) in [5.41, 5.74) is 3.17. The van der Waals surface area contributed by atoms with Gasteiger partial charge in [-0.1, -0.05) is 26.3 Å². The first-order chi connectivity index (χ1) is 10.5. The lowest BCUT2D eigenvalue weighted by molar-refractivity contribution is 0.0329. The fourth-order valence-electron chi connectivity index (χ4n) is 5.10. The van der Waals surface area contributed by atoms with Crippen LogP contribution < -0.4 is 4.74 Å². The largest absolute Gasteiger partial charge is 0.497 e. The highest BCUT2D eigenvalue weighted by atomic mass is 16.5. The van der Waals surface area contributed by atoms with E-state index in [2.05, 4.69) is 37.0 Å². The van der Waals surface area contributed by atoms with Gasteiger partial charge in [0.15, 0.2) is 0 Å². The van der Waals surface area contributed by atoms with Crippen LogP contribution in [0.25, 0.3) is 0 Å². The van der Waals surface area contributed by atoms with Gasteiger partial charge in [0.1, 0.15) is 5.75 Å². The van der Waals surface area contributed by atoms with Crippen LogP contribution in [0.2, 0.25) is 0 Å². The molecule has 2 aliphatic rings. The van der Waals surface area contributed by atoms with Crippen LogP contribution >= 0.6 is 0 Å². The maximum absolute atomic E-state index is 10.6. The summed E-state index contributed by atoms with van der Waals surface area (Å²) in [7, 11) is 1.73. The van der Waals surface area contributed by atoms with Gasteiger partial charge in [0, 0.05) is 0 Å². The van der Waals surface area contributed by atoms with E-state index in [4.69, 9.17) is 4.74 Å². The van der Waals surface area contributed by atoms with Crippen LogP contribution in [-0.2, 0) is 16.6 Å². The van der Waals surface area contributed by atoms with Crippen molar-refractivity contribution in [2.24, 2.45) is 16.3 Å². The van der Waals surface area contributed by atoms with E-state index in [9.17, 15) is 4.79 Å². The van der Waals surface area contributed by atoms with Crippen molar-refractivity contribution < 1.29 is 9.53 Å². The van der Waals surface area contributed by atoms with Gasteiger partial charge in [0.2, 0.25) is 6.08 Å². The van der Waals surface area contributed by atoms with Gasteiger partial charge < -0.3 is 4.74 Å². The highest BCUT2D eigenvalue weighted by Crippen LogP contribution is 2.57. The Balaban J connectivity index is 2.05. The van der Waals surface area contributed by atoms with Crippen molar-refractivity contribution in [3.63, 3.8) is 0 Å². The van der Waals surface area contributed by atoms with Gasteiger partial charge in [0.05, 0.1) is 13.7 Å². The Bertz CT molecular complexity index is 620. The van der Waals surface area contributed by atoms with Gasteiger partial charge in [-0.2, -0.15) is 0 Å². The molecule has 22 heavy (non-hydrogen) atoms. The van der Waals surface area contributed by atoms with E-state index >= 15 is 0 Å². The molecule has 3 atom stereocenters. The third kappa shape index (κ3) is 2.28. The third-order valence-corrected chi connectivity index (χ3v) is 6.19. The number of ether oxygens (including phenoxy) is 1. The minimum atomic E-state index is 0.102. The van der Waals surface area contributed by atoms with Crippen LogP contribution in [0.1, 0.15) is 50.7 Å². The van der Waals surface area contributed by atoms with Crippen LogP contribution in [0, 0.1) is 11.3 Å². The van der Waals surface area contributed by atoms with Crippen molar-refractivity contribution in [1.82, 2.24) is 0 Å². The normalized spacial score (nSPS) is 33.3. The summed E-state index contributed by atoms with van der Waals surface area (Å²) >= 11 is 0. The van der Waals surface area contributed by atoms with E-state index in [1.807, 2.05) is 0 Å². The standard InChI is InChI=1S/C19H25NO2/c1-18(12-20-13-21)9-4-10-19(2)16-11-15(22-3)7-5-14(16)6-8-17(18)19/h5,7,11,17H,4,6,8-10,12H2,1-3H3/t17-,18+,19+/m1/s1. The number of aryl methyl sites for hydroxylation is 1. The third-order valence-electron chi connectivity index (χ3n) is 6.19. The first-order valence-electron chi connectivity index (χ1n) is 8.24. The maximum atomic E-state index is 10.6. The van der Waals surface area contributed by atoms with Crippen LogP contribution in [0.5, 0.6) is 5.75 Å². The summed E-state index contributed by atoms with van der Waals surface area (Å²) in [5.74, 6) is 1.50. The average Bonchev–Trinajstić information content (AvgIpc) is 2.52. The molecule has 1 fully saturated rings. The molecule has 3 nitrogen and oxygen atoms in total. The highest BCUT2D eigenvalue weighted by Gasteiger charge is 2.51. The summed E-state index contributed by atoms with van der Waals surface area (Å²) in [4.78, 5) is 14.6. The second-order valence-corrected chi connectivity index (χ2v) is 7.45. The van der Waals surface area contributed by atoms with E-state index < -0.39 is 0 Å². The molecule has 0 bridgehead atoms. The molecule has 0 unspecified atom stereocenters. The van der Waals surface area contributed by atoms with E-state index in [-0.39, 0.29) is 10.8 Å². The first-order valence-corrected chi connectivity index (χ1v) is 8.24. The lowest BCUT2D eigenvalue weighted by atomic mass is 9.50. The summed E-state index contributed by atoms with van der Waals surface area (Å²) < 4.78 is 5.45. The molecule has 0 saturated heterocycles. The molecular formula is C19H25NO2. The van der Waals surface area contributed by atoms with Crippen LogP contribution in [0.3, 0.4) is 0 Å². The zero-order valence-electron chi connectivity index (χ0n) is 13.8. The second kappa shape index (κ2) is 5.55. The number of fused-ring (bicyclic) bond motifs is 3. The van der Waals surface area contributed by atoms with Crippen molar-refractivity contribution in [3.05, 3.63) is 29.3 Å². The Morgan fingerprint density at radius 3 is 2.91 bits per heavy atom. The van der Waals surface area contributed by atoms with Crippen molar-refractivity contribution in [3.8, 4) is 5.75 Å². The predicted octanol–water partition coefficient (Wildman–Crippen LogP) is 4.04. The van der Waals surface area contributed by atoms with Crippen molar-refractivity contribution in [1.29, 1.82) is 0 Å². The van der Waals surface area contributed by atoms with E-state index in [1.165, 1.54) is 30.4 Å². The number of methoxy groups -OCH3 is 1. The topological polar surface area (TPSA) is 38.7 Å². The van der Waals surface area contributed by atoms with Gasteiger partial charge in [-0.15, -0.1) is 0 Å². The number of aliphatic imine (C=N–C) groups is 1. The monoisotopic (exact) mass is 299 g/mol. The fourth-order valence-corrected chi connectivity index (χ4v) is 5.10. The molecule has 0 N–H and O–H groups in total.